The average molecular weight is 375 g/mol. The van der Waals surface area contributed by atoms with Gasteiger partial charge in [0.25, 0.3) is 5.91 Å². The minimum Gasteiger partial charge on any atom is -0.483 e. The van der Waals surface area contributed by atoms with Gasteiger partial charge < -0.3 is 9.64 Å². The highest BCUT2D eigenvalue weighted by atomic mass is 79.9. The first kappa shape index (κ1) is 15.4. The normalized spacial score (nSPS) is 10.3. The Morgan fingerprint density at radius 1 is 1.45 bits per heavy atom. The van der Waals surface area contributed by atoms with Gasteiger partial charge in [0, 0.05) is 16.9 Å². The van der Waals surface area contributed by atoms with Crippen molar-refractivity contribution in [3.63, 3.8) is 0 Å². The molecule has 2 aromatic rings. The van der Waals surface area contributed by atoms with Crippen molar-refractivity contribution >= 4 is 44.8 Å². The van der Waals surface area contributed by atoms with Gasteiger partial charge in [0.15, 0.2) is 6.61 Å². The first-order valence-electron chi connectivity index (χ1n) is 5.90. The van der Waals surface area contributed by atoms with Crippen molar-refractivity contribution in [2.24, 2.45) is 0 Å². The van der Waals surface area contributed by atoms with Crippen molar-refractivity contribution in [1.29, 1.82) is 0 Å². The molecule has 0 aliphatic rings. The van der Waals surface area contributed by atoms with E-state index in [0.717, 1.165) is 9.35 Å². The second-order valence-corrected chi connectivity index (χ2v) is 6.52. The van der Waals surface area contributed by atoms with Crippen LogP contribution in [0.1, 0.15) is 4.88 Å². The topological polar surface area (TPSA) is 29.5 Å². The van der Waals surface area contributed by atoms with Crippen LogP contribution in [-0.4, -0.2) is 24.5 Å². The Bertz CT molecular complexity index is 589. The lowest BCUT2D eigenvalue weighted by Gasteiger charge is -2.17. The molecule has 1 heterocycles. The zero-order chi connectivity index (χ0) is 14.5. The molecule has 6 heteroatoms. The Kier molecular flexibility index (Phi) is 5.46. The summed E-state index contributed by atoms with van der Waals surface area (Å²) in [5.74, 6) is 0.535. The van der Waals surface area contributed by atoms with E-state index in [-0.39, 0.29) is 12.5 Å². The largest absolute Gasteiger partial charge is 0.483 e. The van der Waals surface area contributed by atoms with Crippen LogP contribution in [0.25, 0.3) is 0 Å². The summed E-state index contributed by atoms with van der Waals surface area (Å²) in [6.45, 7) is 0.601. The monoisotopic (exact) mass is 373 g/mol. The van der Waals surface area contributed by atoms with E-state index in [1.165, 1.54) is 0 Å². The van der Waals surface area contributed by atoms with Crippen molar-refractivity contribution in [2.45, 2.75) is 6.54 Å². The Morgan fingerprint density at radius 2 is 2.25 bits per heavy atom. The number of carbonyl (C=O) groups excluding carboxylic acids is 1. The molecule has 106 valence electrons. The molecule has 0 bridgehead atoms. The van der Waals surface area contributed by atoms with Crippen LogP contribution in [0.5, 0.6) is 5.75 Å². The van der Waals surface area contributed by atoms with Gasteiger partial charge in [-0.25, -0.2) is 0 Å². The van der Waals surface area contributed by atoms with Gasteiger partial charge in [-0.2, -0.15) is 0 Å². The van der Waals surface area contributed by atoms with Crippen molar-refractivity contribution in [3.8, 4) is 5.75 Å². The third-order valence-electron chi connectivity index (χ3n) is 2.64. The number of ether oxygens (including phenoxy) is 1. The molecule has 1 aromatic heterocycles. The molecule has 0 radical (unpaired) electrons. The summed E-state index contributed by atoms with van der Waals surface area (Å²) in [6, 6.07) is 9.17. The predicted octanol–water partition coefficient (Wildman–Crippen LogP) is 4.20. The molecule has 1 amide bonds. The Hall–Kier alpha value is -1.04. The molecular formula is C14H13BrClNO2S. The zero-order valence-electron chi connectivity index (χ0n) is 10.8. The van der Waals surface area contributed by atoms with Gasteiger partial charge in [-0.1, -0.05) is 17.7 Å². The molecule has 0 fully saturated rings. The maximum absolute atomic E-state index is 12.0. The summed E-state index contributed by atoms with van der Waals surface area (Å²) in [5.41, 5.74) is 0. The molecule has 0 saturated heterocycles. The minimum atomic E-state index is -0.0692. The number of carbonyl (C=O) groups is 1. The first-order valence-corrected chi connectivity index (χ1v) is 7.95. The molecule has 0 spiro atoms. The number of likely N-dealkylation sites (N-methyl/N-ethyl adjacent to an activating group) is 1. The number of rotatable bonds is 5. The summed E-state index contributed by atoms with van der Waals surface area (Å²) >= 11 is 10.8. The quantitative estimate of drug-likeness (QED) is 0.785. The van der Waals surface area contributed by atoms with Crippen LogP contribution in [0, 0.1) is 0 Å². The third-order valence-corrected chi connectivity index (χ3v) is 4.36. The van der Waals surface area contributed by atoms with E-state index < -0.39 is 0 Å². The van der Waals surface area contributed by atoms with Crippen LogP contribution >= 0.6 is 38.9 Å². The van der Waals surface area contributed by atoms with Gasteiger partial charge in [0.2, 0.25) is 0 Å². The van der Waals surface area contributed by atoms with Crippen LogP contribution in [0.2, 0.25) is 5.02 Å². The number of benzene rings is 1. The van der Waals surface area contributed by atoms with Crippen molar-refractivity contribution in [2.75, 3.05) is 13.7 Å². The van der Waals surface area contributed by atoms with E-state index in [0.29, 0.717) is 17.3 Å². The van der Waals surface area contributed by atoms with Crippen LogP contribution in [-0.2, 0) is 11.3 Å². The van der Waals surface area contributed by atoms with Gasteiger partial charge in [0.05, 0.1) is 11.0 Å². The van der Waals surface area contributed by atoms with E-state index in [9.17, 15) is 4.79 Å². The van der Waals surface area contributed by atoms with Crippen LogP contribution in [0.4, 0.5) is 0 Å². The van der Waals surface area contributed by atoms with E-state index in [4.69, 9.17) is 16.3 Å². The van der Waals surface area contributed by atoms with Crippen molar-refractivity contribution < 1.29 is 9.53 Å². The summed E-state index contributed by atoms with van der Waals surface area (Å²) in [5, 5.41) is 2.61. The second-order valence-electron chi connectivity index (χ2n) is 4.19. The number of hydrogen-bond acceptors (Lipinski definition) is 3. The van der Waals surface area contributed by atoms with E-state index >= 15 is 0 Å². The number of halogens is 2. The highest BCUT2D eigenvalue weighted by Gasteiger charge is 2.11. The molecule has 3 nitrogen and oxygen atoms in total. The molecule has 2 rings (SSSR count). The molecule has 0 aliphatic carbocycles. The lowest BCUT2D eigenvalue weighted by molar-refractivity contribution is -0.132. The highest BCUT2D eigenvalue weighted by molar-refractivity contribution is 9.10. The number of amides is 1. The maximum atomic E-state index is 12.0. The molecular weight excluding hydrogens is 362 g/mol. The fourth-order valence-corrected chi connectivity index (χ4v) is 3.12. The van der Waals surface area contributed by atoms with Crippen LogP contribution in [0.3, 0.4) is 0 Å². The lowest BCUT2D eigenvalue weighted by atomic mass is 10.3. The second kappa shape index (κ2) is 7.11. The fraction of sp³-hybridized carbons (Fsp3) is 0.214. The summed E-state index contributed by atoms with van der Waals surface area (Å²) in [7, 11) is 1.77. The summed E-state index contributed by atoms with van der Waals surface area (Å²) in [6.07, 6.45) is 0. The standard InChI is InChI=1S/C14H13BrClNO2S/c1-17(8-11-3-2-6-20-11)14(18)9-19-13-5-4-10(16)7-12(13)15/h2-7H,8-9H2,1H3. The maximum Gasteiger partial charge on any atom is 0.260 e. The van der Waals surface area contributed by atoms with Crippen LogP contribution < -0.4 is 4.74 Å². The molecule has 20 heavy (non-hydrogen) atoms. The number of nitrogens with zero attached hydrogens (tertiary/aromatic N) is 1. The lowest BCUT2D eigenvalue weighted by Crippen LogP contribution is -2.30. The minimum absolute atomic E-state index is 0.00209. The Morgan fingerprint density at radius 3 is 2.90 bits per heavy atom. The van der Waals surface area contributed by atoms with Gasteiger partial charge in [-0.15, -0.1) is 11.3 Å². The van der Waals surface area contributed by atoms with Gasteiger partial charge in [-0.05, 0) is 45.6 Å². The number of hydrogen-bond donors (Lipinski definition) is 0. The van der Waals surface area contributed by atoms with Crippen molar-refractivity contribution in [3.05, 3.63) is 50.1 Å². The zero-order valence-corrected chi connectivity index (χ0v) is 14.0. The van der Waals surface area contributed by atoms with Gasteiger partial charge >= 0.3 is 0 Å². The van der Waals surface area contributed by atoms with E-state index in [1.807, 2.05) is 17.5 Å². The third kappa shape index (κ3) is 4.23. The molecule has 0 atom stereocenters. The molecule has 0 unspecified atom stereocenters. The fourth-order valence-electron chi connectivity index (χ4n) is 1.57. The Labute approximate surface area is 135 Å². The highest BCUT2D eigenvalue weighted by Crippen LogP contribution is 2.27. The number of thiophene rings is 1. The van der Waals surface area contributed by atoms with Gasteiger partial charge in [0.1, 0.15) is 5.75 Å². The predicted molar refractivity (Wildman–Crippen MR) is 85.4 cm³/mol. The van der Waals surface area contributed by atoms with Crippen LogP contribution in [0.15, 0.2) is 40.2 Å². The molecule has 0 aliphatic heterocycles. The summed E-state index contributed by atoms with van der Waals surface area (Å²) in [4.78, 5) is 14.8. The van der Waals surface area contributed by atoms with E-state index in [1.54, 1.807) is 41.5 Å². The average Bonchev–Trinajstić information content (AvgIpc) is 2.90. The smallest absolute Gasteiger partial charge is 0.260 e. The van der Waals surface area contributed by atoms with Gasteiger partial charge in [-0.3, -0.25) is 4.79 Å². The molecule has 1 aromatic carbocycles. The first-order chi connectivity index (χ1) is 9.56. The Balaban J connectivity index is 1.88. The molecule has 0 saturated carbocycles. The van der Waals surface area contributed by atoms with E-state index in [2.05, 4.69) is 15.9 Å². The summed E-state index contributed by atoms with van der Waals surface area (Å²) < 4.78 is 6.24. The molecule has 0 N–H and O–H groups in total. The SMILES string of the molecule is CN(Cc1cccs1)C(=O)COc1ccc(Cl)cc1Br. The van der Waals surface area contributed by atoms with Crippen molar-refractivity contribution in [1.82, 2.24) is 4.90 Å².